The molecule has 10 heteroatoms. The molecule has 0 saturated heterocycles. The number of para-hydroxylation sites is 1. The molecule has 0 radical (unpaired) electrons. The number of hydrogen-bond acceptors (Lipinski definition) is 4. The van der Waals surface area contributed by atoms with E-state index in [0.717, 1.165) is 5.56 Å². The summed E-state index contributed by atoms with van der Waals surface area (Å²) in [5, 5.41) is 8.24. The van der Waals surface area contributed by atoms with Crippen LogP contribution < -0.4 is 11.1 Å². The number of aromatic nitrogens is 5. The summed E-state index contributed by atoms with van der Waals surface area (Å²) in [5.41, 5.74) is 2.33. The summed E-state index contributed by atoms with van der Waals surface area (Å²) in [4.78, 5) is 28.9. The maximum atomic E-state index is 13.7. The zero-order valence-corrected chi connectivity index (χ0v) is 20.5. The average Bonchev–Trinajstić information content (AvgIpc) is 3.38. The predicted molar refractivity (Wildman–Crippen MR) is 137 cm³/mol. The van der Waals surface area contributed by atoms with E-state index in [1.807, 2.05) is 24.1 Å². The first-order valence-corrected chi connectivity index (χ1v) is 11.7. The van der Waals surface area contributed by atoms with Gasteiger partial charge in [-0.2, -0.15) is 5.10 Å². The van der Waals surface area contributed by atoms with Gasteiger partial charge in [0.05, 0.1) is 39.5 Å². The monoisotopic (exact) mass is 506 g/mol. The third kappa shape index (κ3) is 4.62. The van der Waals surface area contributed by atoms with Crippen molar-refractivity contribution < 1.29 is 4.39 Å². The molecule has 0 atom stereocenters. The highest BCUT2D eigenvalue weighted by molar-refractivity contribution is 6.32. The maximum Gasteiger partial charge on any atom is 0.280 e. The van der Waals surface area contributed by atoms with Gasteiger partial charge in [-0.25, -0.2) is 9.07 Å². The van der Waals surface area contributed by atoms with Gasteiger partial charge in [0.15, 0.2) is 0 Å². The van der Waals surface area contributed by atoms with Gasteiger partial charge in [0.2, 0.25) is 0 Å². The van der Waals surface area contributed by atoms with Gasteiger partial charge in [0.25, 0.3) is 11.1 Å². The number of aromatic amines is 1. The van der Waals surface area contributed by atoms with Crippen molar-refractivity contribution in [1.29, 1.82) is 0 Å². The molecule has 0 saturated carbocycles. The van der Waals surface area contributed by atoms with E-state index in [1.165, 1.54) is 22.9 Å². The van der Waals surface area contributed by atoms with Gasteiger partial charge in [-0.15, -0.1) is 0 Å². The highest BCUT2D eigenvalue weighted by Crippen LogP contribution is 2.21. The molecule has 0 unspecified atom stereocenters. The second-order valence-electron chi connectivity index (χ2n) is 8.79. The Morgan fingerprint density at radius 2 is 1.86 bits per heavy atom. The van der Waals surface area contributed by atoms with Gasteiger partial charge >= 0.3 is 0 Å². The number of H-pyrrole nitrogens is 1. The number of hydrogen-bond donors (Lipinski definition) is 1. The Bertz CT molecular complexity index is 1680. The van der Waals surface area contributed by atoms with Crippen LogP contribution in [0.5, 0.6) is 0 Å². The smallest absolute Gasteiger partial charge is 0.280 e. The van der Waals surface area contributed by atoms with Crippen molar-refractivity contribution in [3.8, 4) is 5.69 Å². The fourth-order valence-electron chi connectivity index (χ4n) is 4.42. The zero-order chi connectivity index (χ0) is 25.4. The van der Waals surface area contributed by atoms with Crippen LogP contribution in [-0.4, -0.2) is 36.1 Å². The molecule has 0 aliphatic carbocycles. The Hall–Kier alpha value is -3.95. The van der Waals surface area contributed by atoms with E-state index in [0.29, 0.717) is 39.5 Å². The summed E-state index contributed by atoms with van der Waals surface area (Å²) in [6, 6.07) is 16.6. The zero-order valence-electron chi connectivity index (χ0n) is 19.8. The third-order valence-corrected chi connectivity index (χ3v) is 6.33. The van der Waals surface area contributed by atoms with Crippen molar-refractivity contribution in [2.75, 3.05) is 7.05 Å². The number of aryl methyl sites for hydroxylation is 1. The molecule has 0 bridgehead atoms. The standard InChI is InChI=1S/C26H24ClFN6O2/c1-31(14-17-6-5-7-18(28)12-17)16-23-25-21(13-24(35)33(23)15-19-10-11-32(2)29-19)30-34(26(25)36)22-9-4-3-8-20(22)27/h3-13,30H,14-16H2,1-2H3. The van der Waals surface area contributed by atoms with Crippen LogP contribution in [0, 0.1) is 5.82 Å². The molecule has 0 aliphatic heterocycles. The minimum absolute atomic E-state index is 0.204. The molecule has 3 aromatic heterocycles. The molecule has 5 rings (SSSR count). The minimum Gasteiger partial charge on any atom is -0.304 e. The SMILES string of the molecule is CN(Cc1cccc(F)c1)Cc1c2c(=O)n(-c3ccccc3Cl)[nH]c2cc(=O)n1Cc1ccn(C)n1. The van der Waals surface area contributed by atoms with Gasteiger partial charge in [-0.3, -0.25) is 24.3 Å². The van der Waals surface area contributed by atoms with Crippen LogP contribution in [0.3, 0.4) is 0 Å². The van der Waals surface area contributed by atoms with Gasteiger partial charge < -0.3 is 4.57 Å². The van der Waals surface area contributed by atoms with Crippen LogP contribution in [0.25, 0.3) is 16.6 Å². The Morgan fingerprint density at radius 3 is 2.58 bits per heavy atom. The Morgan fingerprint density at radius 1 is 1.06 bits per heavy atom. The fraction of sp³-hybridized carbons (Fsp3) is 0.192. The Balaban J connectivity index is 1.65. The van der Waals surface area contributed by atoms with Gasteiger partial charge in [0, 0.05) is 32.4 Å². The first-order valence-electron chi connectivity index (χ1n) is 11.3. The van der Waals surface area contributed by atoms with Gasteiger partial charge in [-0.05, 0) is 42.9 Å². The molecular weight excluding hydrogens is 483 g/mol. The highest BCUT2D eigenvalue weighted by atomic mass is 35.5. The second kappa shape index (κ2) is 9.60. The summed E-state index contributed by atoms with van der Waals surface area (Å²) in [6.07, 6.45) is 1.80. The van der Waals surface area contributed by atoms with Crippen LogP contribution in [0.15, 0.2) is 76.4 Å². The minimum atomic E-state index is -0.318. The van der Waals surface area contributed by atoms with Crippen molar-refractivity contribution in [1.82, 2.24) is 29.0 Å². The molecular formula is C26H24ClFN6O2. The van der Waals surface area contributed by atoms with Gasteiger partial charge in [0.1, 0.15) is 5.82 Å². The fourth-order valence-corrected chi connectivity index (χ4v) is 4.64. The van der Waals surface area contributed by atoms with Crippen molar-refractivity contribution in [3.63, 3.8) is 0 Å². The number of nitrogens with one attached hydrogen (secondary N) is 1. The lowest BCUT2D eigenvalue weighted by Crippen LogP contribution is -2.29. The molecule has 184 valence electrons. The largest absolute Gasteiger partial charge is 0.304 e. The van der Waals surface area contributed by atoms with E-state index in [-0.39, 0.29) is 30.0 Å². The molecule has 8 nitrogen and oxygen atoms in total. The quantitative estimate of drug-likeness (QED) is 0.365. The van der Waals surface area contributed by atoms with E-state index in [1.54, 1.807) is 52.8 Å². The lowest BCUT2D eigenvalue weighted by atomic mass is 10.1. The van der Waals surface area contributed by atoms with Crippen LogP contribution in [0.4, 0.5) is 4.39 Å². The van der Waals surface area contributed by atoms with Gasteiger partial charge in [-0.1, -0.05) is 35.9 Å². The van der Waals surface area contributed by atoms with Crippen LogP contribution in [-0.2, 0) is 26.7 Å². The number of fused-ring (bicyclic) bond motifs is 1. The summed E-state index contributed by atoms with van der Waals surface area (Å²) >= 11 is 6.36. The predicted octanol–water partition coefficient (Wildman–Crippen LogP) is 3.69. The lowest BCUT2D eigenvalue weighted by Gasteiger charge is -2.20. The topological polar surface area (TPSA) is 80.9 Å². The molecule has 0 spiro atoms. The number of halogens is 2. The third-order valence-electron chi connectivity index (χ3n) is 6.01. The van der Waals surface area contributed by atoms with Crippen molar-refractivity contribution >= 4 is 22.5 Å². The maximum absolute atomic E-state index is 13.7. The number of nitrogens with zero attached hydrogens (tertiary/aromatic N) is 5. The molecule has 0 amide bonds. The summed E-state index contributed by atoms with van der Waals surface area (Å²) in [6.45, 7) is 0.899. The summed E-state index contributed by atoms with van der Waals surface area (Å²) < 4.78 is 18.3. The summed E-state index contributed by atoms with van der Waals surface area (Å²) in [5.74, 6) is -0.316. The van der Waals surface area contributed by atoms with E-state index in [9.17, 15) is 14.0 Å². The second-order valence-corrected chi connectivity index (χ2v) is 9.20. The molecule has 0 aliphatic rings. The molecule has 3 heterocycles. The van der Waals surface area contributed by atoms with E-state index >= 15 is 0 Å². The Kier molecular flexibility index (Phi) is 6.34. The van der Waals surface area contributed by atoms with Crippen LogP contribution >= 0.6 is 11.6 Å². The molecule has 5 aromatic rings. The van der Waals surface area contributed by atoms with E-state index in [2.05, 4.69) is 10.2 Å². The van der Waals surface area contributed by atoms with Crippen LogP contribution in [0.2, 0.25) is 5.02 Å². The summed E-state index contributed by atoms with van der Waals surface area (Å²) in [7, 11) is 3.66. The first kappa shape index (κ1) is 23.8. The first-order chi connectivity index (χ1) is 17.3. The number of rotatable bonds is 7. The Labute approximate surface area is 210 Å². The lowest BCUT2D eigenvalue weighted by molar-refractivity contribution is 0.309. The average molecular weight is 507 g/mol. The highest BCUT2D eigenvalue weighted by Gasteiger charge is 2.20. The number of pyridine rings is 1. The normalized spacial score (nSPS) is 11.6. The molecule has 2 aromatic carbocycles. The molecule has 0 fully saturated rings. The van der Waals surface area contributed by atoms with E-state index < -0.39 is 0 Å². The van der Waals surface area contributed by atoms with Crippen LogP contribution in [0.1, 0.15) is 17.0 Å². The van der Waals surface area contributed by atoms with E-state index in [4.69, 9.17) is 11.6 Å². The number of benzene rings is 2. The van der Waals surface area contributed by atoms with Crippen molar-refractivity contribution in [2.45, 2.75) is 19.6 Å². The van der Waals surface area contributed by atoms with Crippen molar-refractivity contribution in [3.05, 3.63) is 115 Å². The molecule has 36 heavy (non-hydrogen) atoms. The van der Waals surface area contributed by atoms with Crippen molar-refractivity contribution in [2.24, 2.45) is 7.05 Å². The molecule has 1 N–H and O–H groups in total.